The molecule has 0 unspecified atom stereocenters. The minimum Gasteiger partial charge on any atom is -0.388 e. The van der Waals surface area contributed by atoms with Gasteiger partial charge in [-0.3, -0.25) is 0 Å². The third-order valence-corrected chi connectivity index (χ3v) is 5.30. The summed E-state index contributed by atoms with van der Waals surface area (Å²) >= 11 is 0. The Kier molecular flexibility index (Phi) is 13.9. The van der Waals surface area contributed by atoms with Gasteiger partial charge in [0.1, 0.15) is 18.8 Å². The molecular weight excluding hydrogens is 386 g/mol. The summed E-state index contributed by atoms with van der Waals surface area (Å²) in [5.74, 6) is 0. The van der Waals surface area contributed by atoms with Crippen LogP contribution in [0.4, 0.5) is 0 Å². The maximum atomic E-state index is 8.00. The van der Waals surface area contributed by atoms with Crippen molar-refractivity contribution in [2.75, 3.05) is 14.2 Å². The Balaban J connectivity index is 0.000000464. The lowest BCUT2D eigenvalue weighted by Gasteiger charge is -2.12. The number of unbranched alkanes of at least 4 members (excludes halogenated alkanes) is 1. The van der Waals surface area contributed by atoms with E-state index in [-0.39, 0.29) is 0 Å². The van der Waals surface area contributed by atoms with Gasteiger partial charge < -0.3 is 14.1 Å². The van der Waals surface area contributed by atoms with Crippen molar-refractivity contribution in [3.8, 4) is 0 Å². The van der Waals surface area contributed by atoms with E-state index in [1.807, 2.05) is 6.79 Å². The number of methoxy groups -OCH3 is 1. The summed E-state index contributed by atoms with van der Waals surface area (Å²) < 4.78 is 6.62. The Hall–Kier alpha value is -2.53. The second kappa shape index (κ2) is 16.2. The molecule has 31 heavy (non-hydrogen) atoms. The summed E-state index contributed by atoms with van der Waals surface area (Å²) in [6.45, 7) is 6.36. The van der Waals surface area contributed by atoms with Crippen LogP contribution in [0.3, 0.4) is 0 Å². The number of benzene rings is 1. The number of carbonyl (C=O) groups excluding carboxylic acids is 1. The zero-order valence-corrected chi connectivity index (χ0v) is 19.7. The normalized spacial score (nSPS) is 12.8. The molecule has 2 aromatic heterocycles. The minimum absolute atomic E-state index is 0.634. The summed E-state index contributed by atoms with van der Waals surface area (Å²) in [5.41, 5.74) is 3.65. The molecule has 2 heterocycles. The highest BCUT2D eigenvalue weighted by Crippen LogP contribution is 2.32. The van der Waals surface area contributed by atoms with Crippen molar-refractivity contribution in [2.24, 2.45) is 0 Å². The van der Waals surface area contributed by atoms with Crippen LogP contribution < -0.4 is 0 Å². The van der Waals surface area contributed by atoms with Gasteiger partial charge in [0.15, 0.2) is 0 Å². The fraction of sp³-hybridized carbons (Fsp3) is 0.500. The molecule has 0 amide bonds. The highest BCUT2D eigenvalue weighted by Gasteiger charge is 2.19. The van der Waals surface area contributed by atoms with E-state index in [1.54, 1.807) is 20.5 Å². The van der Waals surface area contributed by atoms with E-state index in [1.165, 1.54) is 55.2 Å². The molecule has 1 aromatic carbocycles. The van der Waals surface area contributed by atoms with E-state index in [0.29, 0.717) is 6.04 Å². The molecule has 5 heteroatoms. The highest BCUT2D eigenvalue weighted by atomic mass is 16.4. The quantitative estimate of drug-likeness (QED) is 0.487. The first-order chi connectivity index (χ1) is 15.2. The van der Waals surface area contributed by atoms with Crippen LogP contribution >= 0.6 is 0 Å². The Morgan fingerprint density at radius 2 is 1.58 bits per heavy atom. The fourth-order valence-corrected chi connectivity index (χ4v) is 3.61. The second-order valence-electron chi connectivity index (χ2n) is 7.61. The molecule has 0 N–H and O–H groups in total. The van der Waals surface area contributed by atoms with Gasteiger partial charge in [0.05, 0.1) is 5.69 Å². The van der Waals surface area contributed by atoms with Gasteiger partial charge in [-0.2, -0.15) is 0 Å². The summed E-state index contributed by atoms with van der Waals surface area (Å²) in [6, 6.07) is 13.5. The van der Waals surface area contributed by atoms with Crippen LogP contribution in [-0.2, 0) is 22.4 Å². The molecule has 1 aliphatic rings. The molecule has 3 aromatic rings. The molecule has 1 aliphatic carbocycles. The molecular formula is C26H39N3O2. The van der Waals surface area contributed by atoms with Gasteiger partial charge in [0.2, 0.25) is 0 Å². The van der Waals surface area contributed by atoms with Crippen LogP contribution in [0.2, 0.25) is 0 Å². The van der Waals surface area contributed by atoms with Crippen molar-refractivity contribution < 1.29 is 9.53 Å². The number of fused-ring (bicyclic) bond motifs is 1. The molecule has 4 rings (SSSR count). The van der Waals surface area contributed by atoms with Crippen LogP contribution in [-0.4, -0.2) is 35.5 Å². The first-order valence-electron chi connectivity index (χ1n) is 11.3. The lowest BCUT2D eigenvalue weighted by Crippen LogP contribution is -2.04. The van der Waals surface area contributed by atoms with Gasteiger partial charge in [-0.05, 0) is 37.3 Å². The first-order valence-corrected chi connectivity index (χ1v) is 11.3. The van der Waals surface area contributed by atoms with Gasteiger partial charge in [-0.15, -0.1) is 0 Å². The van der Waals surface area contributed by atoms with Crippen molar-refractivity contribution in [3.63, 3.8) is 0 Å². The van der Waals surface area contributed by atoms with E-state index < -0.39 is 0 Å². The lowest BCUT2D eigenvalue weighted by atomic mass is 10.1. The summed E-state index contributed by atoms with van der Waals surface area (Å²) in [4.78, 5) is 17.1. The SMILES string of the molecule is C=O.CCCC.COC.c1ccc(CCc2ncnc3c2ccn3C2CCCC2)cc1. The van der Waals surface area contributed by atoms with E-state index in [0.717, 1.165) is 18.5 Å². The van der Waals surface area contributed by atoms with Crippen LogP contribution in [0.25, 0.3) is 11.0 Å². The van der Waals surface area contributed by atoms with Crippen LogP contribution in [0, 0.1) is 0 Å². The second-order valence-corrected chi connectivity index (χ2v) is 7.61. The van der Waals surface area contributed by atoms with E-state index in [2.05, 4.69) is 75.7 Å². The van der Waals surface area contributed by atoms with Gasteiger partial charge in [0, 0.05) is 31.8 Å². The van der Waals surface area contributed by atoms with E-state index in [9.17, 15) is 0 Å². The van der Waals surface area contributed by atoms with Crippen molar-refractivity contribution in [1.82, 2.24) is 14.5 Å². The summed E-state index contributed by atoms with van der Waals surface area (Å²) in [6.07, 6.45) is 13.8. The zero-order valence-electron chi connectivity index (χ0n) is 19.7. The Morgan fingerprint density at radius 1 is 0.968 bits per heavy atom. The van der Waals surface area contributed by atoms with Gasteiger partial charge in [-0.25, -0.2) is 9.97 Å². The standard InChI is InChI=1S/C19H21N3.C4H10.C2H6O.CH2O/c1-2-6-15(7-3-1)10-11-18-17-12-13-22(16-8-4-5-9-16)19(17)21-14-20-18;1-3-4-2;1-3-2;1-2/h1-3,6-7,12-14,16H,4-5,8-11H2;3-4H2,1-2H3;1-2H3;1H2. The number of aromatic nitrogens is 3. The number of nitrogens with zero attached hydrogens (tertiary/aromatic N) is 3. The average molecular weight is 426 g/mol. The summed E-state index contributed by atoms with van der Waals surface area (Å²) in [7, 11) is 3.25. The predicted molar refractivity (Wildman–Crippen MR) is 130 cm³/mol. The van der Waals surface area contributed by atoms with E-state index >= 15 is 0 Å². The predicted octanol–water partition coefficient (Wildman–Crippen LogP) is 6.22. The van der Waals surface area contributed by atoms with Crippen LogP contribution in [0.1, 0.15) is 69.7 Å². The van der Waals surface area contributed by atoms with Crippen molar-refractivity contribution in [2.45, 2.75) is 71.3 Å². The Morgan fingerprint density at radius 3 is 2.16 bits per heavy atom. The molecule has 170 valence electrons. The van der Waals surface area contributed by atoms with Crippen molar-refractivity contribution in [1.29, 1.82) is 0 Å². The highest BCUT2D eigenvalue weighted by molar-refractivity contribution is 5.78. The van der Waals surface area contributed by atoms with Crippen molar-refractivity contribution >= 4 is 17.8 Å². The molecule has 0 saturated heterocycles. The number of rotatable bonds is 5. The molecule has 0 radical (unpaired) electrons. The van der Waals surface area contributed by atoms with Gasteiger partial charge >= 0.3 is 0 Å². The van der Waals surface area contributed by atoms with Crippen molar-refractivity contribution in [3.05, 3.63) is 60.2 Å². The monoisotopic (exact) mass is 425 g/mol. The molecule has 0 spiro atoms. The Bertz CT molecular complexity index is 825. The summed E-state index contributed by atoms with van der Waals surface area (Å²) in [5, 5.41) is 1.23. The number of hydrogen-bond donors (Lipinski definition) is 0. The lowest BCUT2D eigenvalue weighted by molar-refractivity contribution is -0.0979. The largest absolute Gasteiger partial charge is 0.388 e. The fourth-order valence-electron chi connectivity index (χ4n) is 3.61. The molecule has 1 saturated carbocycles. The van der Waals surface area contributed by atoms with Gasteiger partial charge in [-0.1, -0.05) is 69.9 Å². The number of hydrogen-bond acceptors (Lipinski definition) is 4. The number of ether oxygens (including phenoxy) is 1. The number of carbonyl (C=O) groups is 1. The maximum Gasteiger partial charge on any atom is 0.143 e. The van der Waals surface area contributed by atoms with Crippen LogP contribution in [0.5, 0.6) is 0 Å². The first kappa shape index (κ1) is 26.5. The zero-order chi connectivity index (χ0) is 22.9. The van der Waals surface area contributed by atoms with Gasteiger partial charge in [0.25, 0.3) is 0 Å². The molecule has 0 bridgehead atoms. The molecule has 0 atom stereocenters. The third kappa shape index (κ3) is 8.62. The average Bonchev–Trinajstić information content (AvgIpc) is 3.50. The molecule has 1 fully saturated rings. The molecule has 0 aliphatic heterocycles. The smallest absolute Gasteiger partial charge is 0.143 e. The Labute approximate surface area is 187 Å². The maximum absolute atomic E-state index is 8.00. The number of aryl methyl sites for hydroxylation is 2. The third-order valence-electron chi connectivity index (χ3n) is 5.30. The van der Waals surface area contributed by atoms with E-state index in [4.69, 9.17) is 4.79 Å². The van der Waals surface area contributed by atoms with Crippen LogP contribution in [0.15, 0.2) is 48.9 Å². The topological polar surface area (TPSA) is 57.0 Å². The minimum atomic E-state index is 0.634. The molecule has 5 nitrogen and oxygen atoms in total.